The summed E-state index contributed by atoms with van der Waals surface area (Å²) in [5.41, 5.74) is 2.47. The molecule has 0 amide bonds. The number of likely N-dealkylation sites (N-methyl/N-ethyl adjacent to an activating group) is 1. The van der Waals surface area contributed by atoms with Crippen molar-refractivity contribution in [3.8, 4) is 5.75 Å². The number of aliphatic carboxylic acids is 1. The molecule has 1 aromatic carbocycles. The molecule has 0 aliphatic heterocycles. The third kappa shape index (κ3) is 5.19. The molecule has 0 aromatic heterocycles. The Balaban J connectivity index is 2.25. The molecule has 4 nitrogen and oxygen atoms in total. The van der Waals surface area contributed by atoms with Gasteiger partial charge in [0.05, 0.1) is 13.2 Å². The normalized spacial score (nSPS) is 10.7. The minimum atomic E-state index is -0.799. The number of carboxylic acid groups (broad SMARTS) is 1. The molecule has 100 valence electrons. The largest absolute Gasteiger partial charge is 0.494 e. The number of carbonyl (C=O) groups is 1. The quantitative estimate of drug-likeness (QED) is 0.754. The van der Waals surface area contributed by atoms with E-state index < -0.39 is 5.97 Å². The molecule has 0 atom stereocenters. The summed E-state index contributed by atoms with van der Waals surface area (Å²) in [6.45, 7) is 5.52. The number of hydrogen-bond acceptors (Lipinski definition) is 3. The van der Waals surface area contributed by atoms with Gasteiger partial charge in [-0.2, -0.15) is 0 Å². The van der Waals surface area contributed by atoms with Crippen LogP contribution in [0.15, 0.2) is 18.2 Å². The lowest BCUT2D eigenvalue weighted by Gasteiger charge is -2.14. The van der Waals surface area contributed by atoms with E-state index in [0.29, 0.717) is 6.61 Å². The van der Waals surface area contributed by atoms with Crippen LogP contribution in [0.2, 0.25) is 0 Å². The average molecular weight is 251 g/mol. The van der Waals surface area contributed by atoms with E-state index in [9.17, 15) is 4.79 Å². The van der Waals surface area contributed by atoms with E-state index in [1.165, 1.54) is 11.1 Å². The molecule has 0 aliphatic rings. The molecule has 1 rings (SSSR count). The van der Waals surface area contributed by atoms with Gasteiger partial charge >= 0.3 is 5.97 Å². The Hall–Kier alpha value is -1.55. The Labute approximate surface area is 108 Å². The van der Waals surface area contributed by atoms with Gasteiger partial charge in [-0.15, -0.1) is 0 Å². The first-order chi connectivity index (χ1) is 8.49. The van der Waals surface area contributed by atoms with E-state index in [1.807, 2.05) is 18.2 Å². The Morgan fingerprint density at radius 3 is 2.67 bits per heavy atom. The fourth-order valence-electron chi connectivity index (χ4n) is 1.64. The summed E-state index contributed by atoms with van der Waals surface area (Å²) in [6, 6.07) is 6.03. The number of nitrogens with zero attached hydrogens (tertiary/aromatic N) is 1. The SMILES string of the molecule is Cc1ccc(OCCCN(C)CC(=O)O)cc1C. The topological polar surface area (TPSA) is 49.8 Å². The molecule has 0 unspecified atom stereocenters. The maximum absolute atomic E-state index is 10.5. The second kappa shape index (κ2) is 7.01. The second-order valence-electron chi connectivity index (χ2n) is 4.58. The van der Waals surface area contributed by atoms with Gasteiger partial charge in [0.1, 0.15) is 5.75 Å². The van der Waals surface area contributed by atoms with Gasteiger partial charge in [0.2, 0.25) is 0 Å². The first-order valence-electron chi connectivity index (χ1n) is 6.09. The van der Waals surface area contributed by atoms with Crippen LogP contribution in [0.3, 0.4) is 0 Å². The molecule has 18 heavy (non-hydrogen) atoms. The number of hydrogen-bond donors (Lipinski definition) is 1. The Bertz CT molecular complexity index is 404. The maximum atomic E-state index is 10.5. The van der Waals surface area contributed by atoms with Crippen molar-refractivity contribution in [3.63, 3.8) is 0 Å². The summed E-state index contributed by atoms with van der Waals surface area (Å²) >= 11 is 0. The van der Waals surface area contributed by atoms with E-state index in [4.69, 9.17) is 9.84 Å². The molecule has 1 N–H and O–H groups in total. The highest BCUT2D eigenvalue weighted by atomic mass is 16.5. The third-order valence-electron chi connectivity index (χ3n) is 2.84. The van der Waals surface area contributed by atoms with Gasteiger partial charge in [-0.05, 0) is 50.6 Å². The van der Waals surface area contributed by atoms with Crippen LogP contribution in [-0.4, -0.2) is 42.7 Å². The molecule has 0 fully saturated rings. The number of ether oxygens (including phenoxy) is 1. The van der Waals surface area contributed by atoms with Gasteiger partial charge in [0.25, 0.3) is 0 Å². The van der Waals surface area contributed by atoms with Crippen LogP contribution < -0.4 is 4.74 Å². The summed E-state index contributed by atoms with van der Waals surface area (Å²) < 4.78 is 5.62. The van der Waals surface area contributed by atoms with Crippen LogP contribution in [-0.2, 0) is 4.79 Å². The molecule has 0 heterocycles. The zero-order valence-corrected chi connectivity index (χ0v) is 11.3. The third-order valence-corrected chi connectivity index (χ3v) is 2.84. The van der Waals surface area contributed by atoms with Gasteiger partial charge in [-0.1, -0.05) is 6.07 Å². The summed E-state index contributed by atoms with van der Waals surface area (Å²) in [6.07, 6.45) is 0.816. The predicted octanol–water partition coefficient (Wildman–Crippen LogP) is 2.09. The Morgan fingerprint density at radius 2 is 2.06 bits per heavy atom. The van der Waals surface area contributed by atoms with Crippen molar-refractivity contribution in [2.24, 2.45) is 0 Å². The molecular formula is C14H21NO3. The van der Waals surface area contributed by atoms with Crippen molar-refractivity contribution in [3.05, 3.63) is 29.3 Å². The van der Waals surface area contributed by atoms with Crippen LogP contribution in [0, 0.1) is 13.8 Å². The first kappa shape index (κ1) is 14.5. The van der Waals surface area contributed by atoms with Crippen LogP contribution in [0.1, 0.15) is 17.5 Å². The molecule has 0 aliphatic carbocycles. The molecule has 0 spiro atoms. The predicted molar refractivity (Wildman–Crippen MR) is 71.2 cm³/mol. The summed E-state index contributed by atoms with van der Waals surface area (Å²) in [4.78, 5) is 12.2. The fourth-order valence-corrected chi connectivity index (χ4v) is 1.64. The van der Waals surface area contributed by atoms with Crippen LogP contribution in [0.4, 0.5) is 0 Å². The van der Waals surface area contributed by atoms with Crippen LogP contribution in [0.5, 0.6) is 5.75 Å². The Kier molecular flexibility index (Phi) is 5.65. The van der Waals surface area contributed by atoms with Crippen molar-refractivity contribution in [1.82, 2.24) is 4.90 Å². The number of carboxylic acids is 1. The molecule has 0 saturated carbocycles. The molecule has 0 radical (unpaired) electrons. The van der Waals surface area contributed by atoms with Crippen LogP contribution >= 0.6 is 0 Å². The van der Waals surface area contributed by atoms with Gasteiger partial charge in [0.15, 0.2) is 0 Å². The number of aryl methyl sites for hydroxylation is 2. The summed E-state index contributed by atoms with van der Waals surface area (Å²) in [5.74, 6) is 0.0755. The summed E-state index contributed by atoms with van der Waals surface area (Å²) in [7, 11) is 1.80. The van der Waals surface area contributed by atoms with Crippen molar-refractivity contribution >= 4 is 5.97 Å². The van der Waals surface area contributed by atoms with Gasteiger partial charge in [-0.25, -0.2) is 0 Å². The van der Waals surface area contributed by atoms with Gasteiger partial charge < -0.3 is 9.84 Å². The van der Waals surface area contributed by atoms with Crippen LogP contribution in [0.25, 0.3) is 0 Å². The highest BCUT2D eigenvalue weighted by molar-refractivity contribution is 5.68. The van der Waals surface area contributed by atoms with E-state index in [0.717, 1.165) is 18.7 Å². The molecule has 4 heteroatoms. The lowest BCUT2D eigenvalue weighted by atomic mass is 10.1. The minimum Gasteiger partial charge on any atom is -0.494 e. The summed E-state index contributed by atoms with van der Waals surface area (Å²) in [5, 5.41) is 8.60. The molecule has 0 bridgehead atoms. The van der Waals surface area contributed by atoms with Crippen molar-refractivity contribution < 1.29 is 14.6 Å². The van der Waals surface area contributed by atoms with Gasteiger partial charge in [0, 0.05) is 6.54 Å². The lowest BCUT2D eigenvalue weighted by molar-refractivity contribution is -0.138. The van der Waals surface area contributed by atoms with E-state index in [-0.39, 0.29) is 6.54 Å². The van der Waals surface area contributed by atoms with E-state index in [1.54, 1.807) is 11.9 Å². The second-order valence-corrected chi connectivity index (χ2v) is 4.58. The van der Waals surface area contributed by atoms with Crippen molar-refractivity contribution in [2.45, 2.75) is 20.3 Å². The highest BCUT2D eigenvalue weighted by Gasteiger charge is 2.03. The highest BCUT2D eigenvalue weighted by Crippen LogP contribution is 2.16. The smallest absolute Gasteiger partial charge is 0.317 e. The zero-order chi connectivity index (χ0) is 13.5. The van der Waals surface area contributed by atoms with Crippen molar-refractivity contribution in [2.75, 3.05) is 26.7 Å². The average Bonchev–Trinajstić information content (AvgIpc) is 2.28. The van der Waals surface area contributed by atoms with E-state index >= 15 is 0 Å². The monoisotopic (exact) mass is 251 g/mol. The maximum Gasteiger partial charge on any atom is 0.317 e. The standard InChI is InChI=1S/C14H21NO3/c1-11-5-6-13(9-12(11)2)18-8-4-7-15(3)10-14(16)17/h5-6,9H,4,7-8,10H2,1-3H3,(H,16,17). The lowest BCUT2D eigenvalue weighted by Crippen LogP contribution is -2.27. The molecular weight excluding hydrogens is 230 g/mol. The zero-order valence-electron chi connectivity index (χ0n) is 11.3. The van der Waals surface area contributed by atoms with Crippen molar-refractivity contribution in [1.29, 1.82) is 0 Å². The molecule has 0 saturated heterocycles. The Morgan fingerprint density at radius 1 is 1.33 bits per heavy atom. The first-order valence-corrected chi connectivity index (χ1v) is 6.09. The minimum absolute atomic E-state index is 0.0731. The number of benzene rings is 1. The fraction of sp³-hybridized carbons (Fsp3) is 0.500. The molecule has 1 aromatic rings. The number of rotatable bonds is 7. The van der Waals surface area contributed by atoms with Gasteiger partial charge in [-0.3, -0.25) is 9.69 Å². The van der Waals surface area contributed by atoms with E-state index in [2.05, 4.69) is 13.8 Å².